The average Bonchev–Trinajstić information content (AvgIpc) is 3.26. The molecular formula is C22H27N3O3S. The fourth-order valence-corrected chi connectivity index (χ4v) is 5.87. The maximum absolute atomic E-state index is 13.0. The minimum Gasteiger partial charge on any atom is -0.340 e. The number of amides is 1. The summed E-state index contributed by atoms with van der Waals surface area (Å²) in [5.41, 5.74) is 1.76. The van der Waals surface area contributed by atoms with Crippen LogP contribution in [0.25, 0.3) is 0 Å². The molecule has 7 heteroatoms. The van der Waals surface area contributed by atoms with Gasteiger partial charge in [-0.05, 0) is 54.5 Å². The van der Waals surface area contributed by atoms with Gasteiger partial charge in [0.15, 0.2) is 0 Å². The number of aryl methyl sites for hydroxylation is 1. The summed E-state index contributed by atoms with van der Waals surface area (Å²) in [5, 5.41) is 0. The Kier molecular flexibility index (Phi) is 5.21. The predicted molar refractivity (Wildman–Crippen MR) is 110 cm³/mol. The number of rotatable bonds is 6. The second-order valence-electron chi connectivity index (χ2n) is 8.22. The number of pyridine rings is 1. The summed E-state index contributed by atoms with van der Waals surface area (Å²) in [6, 6.07) is 12.8. The van der Waals surface area contributed by atoms with E-state index in [1.165, 1.54) is 0 Å². The Morgan fingerprint density at radius 1 is 1.24 bits per heavy atom. The highest BCUT2D eigenvalue weighted by molar-refractivity contribution is 7.89. The van der Waals surface area contributed by atoms with Gasteiger partial charge in [0.2, 0.25) is 15.9 Å². The molecule has 0 radical (unpaired) electrons. The van der Waals surface area contributed by atoms with E-state index < -0.39 is 10.0 Å². The summed E-state index contributed by atoms with van der Waals surface area (Å²) < 4.78 is 27.6. The zero-order valence-electron chi connectivity index (χ0n) is 16.9. The Balaban J connectivity index is 1.41. The normalized spacial score (nSPS) is 24.0. The number of carbonyl (C=O) groups is 1. The molecule has 1 aliphatic heterocycles. The van der Waals surface area contributed by atoms with Crippen molar-refractivity contribution in [1.82, 2.24) is 14.2 Å². The number of carbonyl (C=O) groups excluding carboxylic acids is 1. The van der Waals surface area contributed by atoms with E-state index in [0.29, 0.717) is 24.5 Å². The van der Waals surface area contributed by atoms with Crippen molar-refractivity contribution >= 4 is 15.9 Å². The summed E-state index contributed by atoms with van der Waals surface area (Å²) in [4.78, 5) is 19.2. The van der Waals surface area contributed by atoms with Crippen LogP contribution in [0, 0.1) is 11.3 Å². The molecule has 1 aromatic carbocycles. The first-order chi connectivity index (χ1) is 13.9. The van der Waals surface area contributed by atoms with Gasteiger partial charge in [-0.3, -0.25) is 9.78 Å². The van der Waals surface area contributed by atoms with E-state index >= 15 is 0 Å². The van der Waals surface area contributed by atoms with Crippen LogP contribution in [0.3, 0.4) is 0 Å². The largest absolute Gasteiger partial charge is 0.340 e. The summed E-state index contributed by atoms with van der Waals surface area (Å²) in [7, 11) is -1.72. The van der Waals surface area contributed by atoms with Gasteiger partial charge in [-0.1, -0.05) is 25.1 Å². The van der Waals surface area contributed by atoms with Gasteiger partial charge >= 0.3 is 0 Å². The van der Waals surface area contributed by atoms with Gasteiger partial charge in [-0.15, -0.1) is 0 Å². The SMILES string of the molecule is CCc1ccc(S(=O)(=O)N2CCC3(CC3C(=O)N(C)Cc3ccccn3)C2)cc1. The summed E-state index contributed by atoms with van der Waals surface area (Å²) in [6.07, 6.45) is 4.11. The molecule has 2 unspecified atom stereocenters. The zero-order valence-corrected chi connectivity index (χ0v) is 17.7. The topological polar surface area (TPSA) is 70.6 Å². The van der Waals surface area contributed by atoms with Crippen molar-refractivity contribution in [3.05, 3.63) is 59.9 Å². The van der Waals surface area contributed by atoms with Crippen LogP contribution in [0.15, 0.2) is 53.6 Å². The van der Waals surface area contributed by atoms with Crippen LogP contribution in [0.4, 0.5) is 0 Å². The van der Waals surface area contributed by atoms with Crippen LogP contribution in [-0.4, -0.2) is 48.7 Å². The highest BCUT2D eigenvalue weighted by atomic mass is 32.2. The maximum atomic E-state index is 13.0. The van der Waals surface area contributed by atoms with Crippen LogP contribution in [-0.2, 0) is 27.8 Å². The van der Waals surface area contributed by atoms with Gasteiger partial charge in [0.25, 0.3) is 0 Å². The van der Waals surface area contributed by atoms with Crippen LogP contribution in [0.5, 0.6) is 0 Å². The van der Waals surface area contributed by atoms with Crippen molar-refractivity contribution < 1.29 is 13.2 Å². The molecule has 0 bridgehead atoms. The summed E-state index contributed by atoms with van der Waals surface area (Å²) >= 11 is 0. The fraction of sp³-hybridized carbons (Fsp3) is 0.455. The van der Waals surface area contributed by atoms with E-state index in [1.54, 1.807) is 34.6 Å². The monoisotopic (exact) mass is 413 g/mol. The molecular weight excluding hydrogens is 386 g/mol. The maximum Gasteiger partial charge on any atom is 0.243 e. The molecule has 1 aromatic heterocycles. The predicted octanol–water partition coefficient (Wildman–Crippen LogP) is 2.70. The van der Waals surface area contributed by atoms with Gasteiger partial charge < -0.3 is 4.90 Å². The lowest BCUT2D eigenvalue weighted by Gasteiger charge is -2.19. The number of aromatic nitrogens is 1. The second-order valence-corrected chi connectivity index (χ2v) is 10.2. The molecule has 154 valence electrons. The molecule has 1 spiro atoms. The van der Waals surface area contributed by atoms with Crippen LogP contribution in [0.1, 0.15) is 31.0 Å². The Morgan fingerprint density at radius 2 is 2.00 bits per heavy atom. The minimum absolute atomic E-state index is 0.0854. The highest BCUT2D eigenvalue weighted by Gasteiger charge is 2.62. The van der Waals surface area contributed by atoms with Gasteiger partial charge in [0.1, 0.15) is 0 Å². The molecule has 4 rings (SSSR count). The van der Waals surface area contributed by atoms with E-state index in [2.05, 4.69) is 4.98 Å². The Bertz CT molecular complexity index is 992. The quantitative estimate of drug-likeness (QED) is 0.730. The lowest BCUT2D eigenvalue weighted by molar-refractivity contribution is -0.132. The lowest BCUT2D eigenvalue weighted by atomic mass is 10.0. The van der Waals surface area contributed by atoms with Crippen molar-refractivity contribution in [3.8, 4) is 0 Å². The lowest BCUT2D eigenvalue weighted by Crippen LogP contribution is -2.32. The highest BCUT2D eigenvalue weighted by Crippen LogP contribution is 2.59. The third-order valence-electron chi connectivity index (χ3n) is 6.31. The standard InChI is InChI=1S/C22H27N3O3S/c1-3-17-7-9-19(10-8-17)29(27,28)25-13-11-22(16-25)14-20(22)21(26)24(2)15-18-6-4-5-12-23-18/h4-10,12,20H,3,11,13-16H2,1-2H3. The zero-order chi connectivity index (χ0) is 20.6. The van der Waals surface area contributed by atoms with Gasteiger partial charge in [-0.2, -0.15) is 4.31 Å². The first-order valence-electron chi connectivity index (χ1n) is 10.1. The molecule has 1 aliphatic carbocycles. The summed E-state index contributed by atoms with van der Waals surface area (Å²) in [6.45, 7) is 3.42. The van der Waals surface area contributed by atoms with Crippen LogP contribution < -0.4 is 0 Å². The number of nitrogens with zero attached hydrogens (tertiary/aromatic N) is 3. The molecule has 1 saturated carbocycles. The third kappa shape index (κ3) is 3.81. The molecule has 2 atom stereocenters. The van der Waals surface area contributed by atoms with Crippen LogP contribution >= 0.6 is 0 Å². The first kappa shape index (κ1) is 20.0. The molecule has 6 nitrogen and oxygen atoms in total. The summed E-state index contributed by atoms with van der Waals surface area (Å²) in [5.74, 6) is -0.0129. The minimum atomic E-state index is -3.51. The average molecular weight is 414 g/mol. The number of benzene rings is 1. The number of hydrogen-bond acceptors (Lipinski definition) is 4. The van der Waals surface area contributed by atoms with Crippen molar-refractivity contribution in [2.75, 3.05) is 20.1 Å². The molecule has 0 N–H and O–H groups in total. The third-order valence-corrected chi connectivity index (χ3v) is 8.17. The van der Waals surface area contributed by atoms with Gasteiger partial charge in [0.05, 0.1) is 17.1 Å². The molecule has 29 heavy (non-hydrogen) atoms. The first-order valence-corrected chi connectivity index (χ1v) is 11.5. The van der Waals surface area contributed by atoms with Crippen molar-refractivity contribution in [1.29, 1.82) is 0 Å². The Labute approximate surface area is 172 Å². The molecule has 2 heterocycles. The second kappa shape index (κ2) is 7.54. The Morgan fingerprint density at radius 3 is 2.66 bits per heavy atom. The molecule has 2 fully saturated rings. The van der Waals surface area contributed by atoms with E-state index in [0.717, 1.165) is 30.5 Å². The van der Waals surface area contributed by atoms with Crippen molar-refractivity contribution in [2.24, 2.45) is 11.3 Å². The van der Waals surface area contributed by atoms with E-state index in [1.807, 2.05) is 37.3 Å². The van der Waals surface area contributed by atoms with E-state index in [-0.39, 0.29) is 17.2 Å². The smallest absolute Gasteiger partial charge is 0.243 e. The van der Waals surface area contributed by atoms with Crippen molar-refractivity contribution in [3.63, 3.8) is 0 Å². The van der Waals surface area contributed by atoms with Crippen LogP contribution in [0.2, 0.25) is 0 Å². The number of sulfonamides is 1. The Hall–Kier alpha value is -2.25. The molecule has 2 aliphatic rings. The molecule has 1 amide bonds. The van der Waals surface area contributed by atoms with Gasteiger partial charge in [-0.25, -0.2) is 8.42 Å². The van der Waals surface area contributed by atoms with Gasteiger partial charge in [0, 0.05) is 32.3 Å². The number of hydrogen-bond donors (Lipinski definition) is 0. The van der Waals surface area contributed by atoms with E-state index in [9.17, 15) is 13.2 Å². The fourth-order valence-electron chi connectivity index (χ4n) is 4.33. The molecule has 2 aromatic rings. The molecule has 1 saturated heterocycles. The van der Waals surface area contributed by atoms with E-state index in [4.69, 9.17) is 0 Å². The van der Waals surface area contributed by atoms with Crippen molar-refractivity contribution in [2.45, 2.75) is 37.6 Å².